The molecule has 19 heavy (non-hydrogen) atoms. The molecule has 0 aliphatic heterocycles. The van der Waals surface area contributed by atoms with E-state index in [1.54, 1.807) is 21.3 Å². The summed E-state index contributed by atoms with van der Waals surface area (Å²) in [5.41, 5.74) is 1.02. The fourth-order valence-corrected chi connectivity index (χ4v) is 3.16. The van der Waals surface area contributed by atoms with Gasteiger partial charge in [0.05, 0.1) is 11.5 Å². The van der Waals surface area contributed by atoms with Gasteiger partial charge in [0.1, 0.15) is 5.75 Å². The third kappa shape index (κ3) is 2.70. The molecule has 3 nitrogen and oxygen atoms in total. The number of hydrogen-bond acceptors (Lipinski definition) is 3. The third-order valence-corrected chi connectivity index (χ3v) is 4.33. The maximum Gasteiger partial charge on any atom is 0.203 e. The molecule has 0 bridgehead atoms. The first-order valence-electron chi connectivity index (χ1n) is 5.93. The zero-order valence-corrected chi connectivity index (χ0v) is 13.4. The van der Waals surface area contributed by atoms with Crippen molar-refractivity contribution in [3.63, 3.8) is 0 Å². The molecule has 0 aliphatic carbocycles. The van der Waals surface area contributed by atoms with E-state index in [1.807, 2.05) is 24.3 Å². The van der Waals surface area contributed by atoms with Crippen LogP contribution in [0.5, 0.6) is 5.75 Å². The molecule has 0 radical (unpaired) electrons. The van der Waals surface area contributed by atoms with Gasteiger partial charge in [-0.15, -0.1) is 0 Å². The lowest BCUT2D eigenvalue weighted by Gasteiger charge is -2.29. The monoisotopic (exact) mass is 372 g/mol. The molecule has 0 heterocycles. The van der Waals surface area contributed by atoms with E-state index < -0.39 is 5.79 Å². The molecule has 0 unspecified atom stereocenters. The number of alkyl halides is 1. The van der Waals surface area contributed by atoms with Gasteiger partial charge >= 0.3 is 0 Å². The quantitative estimate of drug-likeness (QED) is 0.455. The average molecular weight is 372 g/mol. The smallest absolute Gasteiger partial charge is 0.203 e. The number of fused-ring (bicyclic) bond motifs is 1. The Balaban J connectivity index is 2.52. The highest BCUT2D eigenvalue weighted by Crippen LogP contribution is 2.31. The molecule has 0 aliphatic rings. The maximum absolute atomic E-state index is 5.56. The van der Waals surface area contributed by atoms with Crippen LogP contribution in [0.2, 0.25) is 0 Å². The van der Waals surface area contributed by atoms with Crippen LogP contribution in [0.1, 0.15) is 5.56 Å². The number of rotatable bonds is 5. The molecule has 0 saturated carbocycles. The van der Waals surface area contributed by atoms with Crippen molar-refractivity contribution < 1.29 is 14.2 Å². The molecule has 0 atom stereocenters. The van der Waals surface area contributed by atoms with Crippen molar-refractivity contribution in [2.75, 3.05) is 25.8 Å². The Bertz CT molecular complexity index is 556. The van der Waals surface area contributed by atoms with Crippen molar-refractivity contribution in [2.45, 2.75) is 5.79 Å². The maximum atomic E-state index is 5.56. The van der Waals surface area contributed by atoms with E-state index >= 15 is 0 Å². The molecule has 0 fully saturated rings. The average Bonchev–Trinajstić information content (AvgIpc) is 2.49. The highest BCUT2D eigenvalue weighted by Gasteiger charge is 2.30. The largest absolute Gasteiger partial charge is 0.497 e. The molecule has 0 amide bonds. The number of hydrogen-bond donors (Lipinski definition) is 0. The first-order chi connectivity index (χ1) is 9.19. The van der Waals surface area contributed by atoms with E-state index in [4.69, 9.17) is 14.2 Å². The summed E-state index contributed by atoms with van der Waals surface area (Å²) >= 11 is 2.27. The fourth-order valence-electron chi connectivity index (χ4n) is 2.09. The lowest BCUT2D eigenvalue weighted by molar-refractivity contribution is -0.195. The molecule has 2 rings (SSSR count). The van der Waals surface area contributed by atoms with Crippen LogP contribution < -0.4 is 4.74 Å². The molecule has 0 aromatic heterocycles. The van der Waals surface area contributed by atoms with Crippen molar-refractivity contribution in [3.05, 3.63) is 42.0 Å². The van der Waals surface area contributed by atoms with Gasteiger partial charge in [-0.3, -0.25) is 0 Å². The van der Waals surface area contributed by atoms with E-state index in [0.29, 0.717) is 0 Å². The molecular weight excluding hydrogens is 355 g/mol. The highest BCUT2D eigenvalue weighted by molar-refractivity contribution is 14.1. The topological polar surface area (TPSA) is 27.7 Å². The van der Waals surface area contributed by atoms with Gasteiger partial charge in [0.25, 0.3) is 0 Å². The number of ether oxygens (including phenoxy) is 3. The fraction of sp³-hybridized carbons (Fsp3) is 0.333. The van der Waals surface area contributed by atoms with Gasteiger partial charge in [-0.25, -0.2) is 0 Å². The van der Waals surface area contributed by atoms with Crippen LogP contribution >= 0.6 is 22.6 Å². The van der Waals surface area contributed by atoms with Gasteiger partial charge in [-0.2, -0.15) is 0 Å². The van der Waals surface area contributed by atoms with Crippen molar-refractivity contribution in [1.29, 1.82) is 0 Å². The number of benzene rings is 2. The lowest BCUT2D eigenvalue weighted by atomic mass is 10.0. The summed E-state index contributed by atoms with van der Waals surface area (Å²) < 4.78 is 17.1. The Morgan fingerprint density at radius 1 is 0.947 bits per heavy atom. The second kappa shape index (κ2) is 6.07. The summed E-state index contributed by atoms with van der Waals surface area (Å²) in [5.74, 6) is 0.174. The molecular formula is C15H17IO3. The van der Waals surface area contributed by atoms with Gasteiger partial charge in [0, 0.05) is 19.8 Å². The van der Waals surface area contributed by atoms with Crippen LogP contribution in [0.4, 0.5) is 0 Å². The minimum absolute atomic E-state index is 0.686. The van der Waals surface area contributed by atoms with Gasteiger partial charge in [-0.1, -0.05) is 40.8 Å². The number of methoxy groups -OCH3 is 3. The Morgan fingerprint density at radius 2 is 1.58 bits per heavy atom. The summed E-state index contributed by atoms with van der Waals surface area (Å²) in [5, 5.41) is 2.28. The predicted molar refractivity (Wildman–Crippen MR) is 85.1 cm³/mol. The van der Waals surface area contributed by atoms with Gasteiger partial charge in [0.2, 0.25) is 5.79 Å². The zero-order valence-electron chi connectivity index (χ0n) is 11.3. The van der Waals surface area contributed by atoms with E-state index in [0.717, 1.165) is 26.5 Å². The first kappa shape index (κ1) is 14.6. The summed E-state index contributed by atoms with van der Waals surface area (Å²) in [7, 11) is 5.01. The summed E-state index contributed by atoms with van der Waals surface area (Å²) in [6, 6.07) is 12.2. The molecule has 0 spiro atoms. The van der Waals surface area contributed by atoms with Crippen LogP contribution in [-0.4, -0.2) is 25.8 Å². The second-order valence-electron chi connectivity index (χ2n) is 4.22. The van der Waals surface area contributed by atoms with Crippen molar-refractivity contribution in [3.8, 4) is 5.75 Å². The summed E-state index contributed by atoms with van der Waals surface area (Å²) in [6.07, 6.45) is 0. The predicted octanol–water partition coefficient (Wildman–Crippen LogP) is 3.73. The molecule has 4 heteroatoms. The SMILES string of the molecule is COc1ccc2cc(C(CI)(OC)OC)ccc2c1. The zero-order chi connectivity index (χ0) is 13.9. The van der Waals surface area contributed by atoms with Crippen molar-refractivity contribution >= 4 is 33.4 Å². The minimum atomic E-state index is -0.686. The Morgan fingerprint density at radius 3 is 2.16 bits per heavy atom. The number of halogens is 1. The van der Waals surface area contributed by atoms with Crippen molar-refractivity contribution in [1.82, 2.24) is 0 Å². The second-order valence-corrected chi connectivity index (χ2v) is 4.99. The molecule has 2 aromatic rings. The van der Waals surface area contributed by atoms with Gasteiger partial charge in [-0.05, 0) is 29.0 Å². The first-order valence-corrected chi connectivity index (χ1v) is 7.46. The van der Waals surface area contributed by atoms with E-state index in [1.165, 1.54) is 0 Å². The van der Waals surface area contributed by atoms with Crippen LogP contribution in [0.15, 0.2) is 36.4 Å². The normalized spacial score (nSPS) is 11.8. The minimum Gasteiger partial charge on any atom is -0.497 e. The molecule has 102 valence electrons. The molecule has 0 N–H and O–H groups in total. The highest BCUT2D eigenvalue weighted by atomic mass is 127. The van der Waals surface area contributed by atoms with E-state index in [9.17, 15) is 0 Å². The van der Waals surface area contributed by atoms with Crippen LogP contribution in [0.3, 0.4) is 0 Å². The molecule has 0 saturated heterocycles. The lowest BCUT2D eigenvalue weighted by Crippen LogP contribution is -2.32. The van der Waals surface area contributed by atoms with Gasteiger partial charge in [0.15, 0.2) is 0 Å². The third-order valence-electron chi connectivity index (χ3n) is 3.32. The Labute approximate surface area is 127 Å². The van der Waals surface area contributed by atoms with Gasteiger partial charge < -0.3 is 14.2 Å². The van der Waals surface area contributed by atoms with Crippen LogP contribution in [0, 0.1) is 0 Å². The van der Waals surface area contributed by atoms with Crippen molar-refractivity contribution in [2.24, 2.45) is 0 Å². The summed E-state index contributed by atoms with van der Waals surface area (Å²) in [6.45, 7) is 0. The van der Waals surface area contributed by atoms with Crippen LogP contribution in [-0.2, 0) is 15.3 Å². The van der Waals surface area contributed by atoms with E-state index in [-0.39, 0.29) is 0 Å². The Hall–Kier alpha value is -0.850. The standard InChI is InChI=1S/C15H17IO3/c1-17-14-7-5-11-8-13(6-4-12(11)9-14)15(10-16,18-2)19-3/h4-9H,10H2,1-3H3. The van der Waals surface area contributed by atoms with Crippen LogP contribution in [0.25, 0.3) is 10.8 Å². The summed E-state index contributed by atoms with van der Waals surface area (Å²) in [4.78, 5) is 0. The molecule has 2 aromatic carbocycles. The van der Waals surface area contributed by atoms with E-state index in [2.05, 4.69) is 34.7 Å². The Kier molecular flexibility index (Phi) is 4.65.